The van der Waals surface area contributed by atoms with Gasteiger partial charge < -0.3 is 15.8 Å². The highest BCUT2D eigenvalue weighted by atomic mass is 19.1. The van der Waals surface area contributed by atoms with Gasteiger partial charge in [0.05, 0.1) is 5.69 Å². The van der Waals surface area contributed by atoms with Crippen molar-refractivity contribution in [3.63, 3.8) is 0 Å². The molecule has 0 saturated heterocycles. The Morgan fingerprint density at radius 1 is 1.54 bits per heavy atom. The number of hydrogen-bond donors (Lipinski definition) is 2. The molecule has 1 rings (SSSR count). The zero-order chi connectivity index (χ0) is 9.68. The van der Waals surface area contributed by atoms with Gasteiger partial charge in [-0.2, -0.15) is 0 Å². The van der Waals surface area contributed by atoms with E-state index in [4.69, 9.17) is 10.5 Å². The second-order valence-electron chi connectivity index (χ2n) is 2.64. The molecule has 0 bridgehead atoms. The summed E-state index contributed by atoms with van der Waals surface area (Å²) in [5, 5.41) is 2.92. The molecule has 0 aliphatic heterocycles. The second kappa shape index (κ2) is 4.67. The molecule has 0 unspecified atom stereocenters. The molecule has 4 heteroatoms. The highest BCUT2D eigenvalue weighted by molar-refractivity contribution is 5.43. The molecule has 0 saturated carbocycles. The highest BCUT2D eigenvalue weighted by Gasteiger charge is 1.99. The minimum Gasteiger partial charge on any atom is -0.492 e. The number of ether oxygens (including phenoxy) is 1. The SMILES string of the molecule is CNCCOc1ccc(N)c(F)c1. The van der Waals surface area contributed by atoms with Crippen LogP contribution in [-0.2, 0) is 0 Å². The molecular weight excluding hydrogens is 171 g/mol. The molecule has 3 N–H and O–H groups in total. The van der Waals surface area contributed by atoms with E-state index in [0.717, 1.165) is 6.54 Å². The molecule has 1 aromatic carbocycles. The zero-order valence-corrected chi connectivity index (χ0v) is 7.51. The van der Waals surface area contributed by atoms with Crippen LogP contribution in [0.2, 0.25) is 0 Å². The first-order valence-electron chi connectivity index (χ1n) is 4.06. The van der Waals surface area contributed by atoms with E-state index in [9.17, 15) is 4.39 Å². The summed E-state index contributed by atoms with van der Waals surface area (Å²) in [7, 11) is 1.83. The van der Waals surface area contributed by atoms with Gasteiger partial charge in [0.1, 0.15) is 18.2 Å². The van der Waals surface area contributed by atoms with Gasteiger partial charge >= 0.3 is 0 Å². The number of hydrogen-bond acceptors (Lipinski definition) is 3. The Morgan fingerprint density at radius 3 is 2.92 bits per heavy atom. The molecule has 13 heavy (non-hydrogen) atoms. The van der Waals surface area contributed by atoms with Crippen molar-refractivity contribution in [3.8, 4) is 5.75 Å². The summed E-state index contributed by atoms with van der Waals surface area (Å²) in [6.45, 7) is 1.24. The van der Waals surface area contributed by atoms with E-state index in [1.165, 1.54) is 12.1 Å². The molecule has 0 fully saturated rings. The lowest BCUT2D eigenvalue weighted by molar-refractivity contribution is 0.317. The summed E-state index contributed by atoms with van der Waals surface area (Å²) >= 11 is 0. The average Bonchev–Trinajstić information content (AvgIpc) is 2.12. The maximum Gasteiger partial charge on any atom is 0.149 e. The number of halogens is 1. The third kappa shape index (κ3) is 2.91. The van der Waals surface area contributed by atoms with Gasteiger partial charge in [-0.3, -0.25) is 0 Å². The number of nitrogens with two attached hydrogens (primary N) is 1. The third-order valence-corrected chi connectivity index (χ3v) is 1.59. The van der Waals surface area contributed by atoms with Crippen molar-refractivity contribution in [1.29, 1.82) is 0 Å². The summed E-state index contributed by atoms with van der Waals surface area (Å²) in [5.41, 5.74) is 5.44. The minimum absolute atomic E-state index is 0.140. The number of benzene rings is 1. The van der Waals surface area contributed by atoms with E-state index in [0.29, 0.717) is 12.4 Å². The van der Waals surface area contributed by atoms with Crippen molar-refractivity contribution in [2.45, 2.75) is 0 Å². The van der Waals surface area contributed by atoms with Crippen LogP contribution in [0.3, 0.4) is 0 Å². The second-order valence-corrected chi connectivity index (χ2v) is 2.64. The van der Waals surface area contributed by atoms with E-state index >= 15 is 0 Å². The molecule has 1 aromatic rings. The molecule has 0 atom stereocenters. The minimum atomic E-state index is -0.443. The fourth-order valence-corrected chi connectivity index (χ4v) is 0.869. The molecule has 0 radical (unpaired) electrons. The standard InChI is InChI=1S/C9H13FN2O/c1-12-4-5-13-7-2-3-9(11)8(10)6-7/h2-3,6,12H,4-5,11H2,1H3. The van der Waals surface area contributed by atoms with Crippen molar-refractivity contribution in [1.82, 2.24) is 5.32 Å². The Kier molecular flexibility index (Phi) is 3.52. The van der Waals surface area contributed by atoms with Gasteiger partial charge in [-0.05, 0) is 19.2 Å². The van der Waals surface area contributed by atoms with Crippen LogP contribution in [0.5, 0.6) is 5.75 Å². The summed E-state index contributed by atoms with van der Waals surface area (Å²) in [5.74, 6) is 0.0592. The van der Waals surface area contributed by atoms with Crippen LogP contribution in [0.1, 0.15) is 0 Å². The Labute approximate surface area is 76.7 Å². The van der Waals surface area contributed by atoms with Gasteiger partial charge in [0, 0.05) is 12.6 Å². The van der Waals surface area contributed by atoms with Crippen LogP contribution in [-0.4, -0.2) is 20.2 Å². The van der Waals surface area contributed by atoms with E-state index in [1.54, 1.807) is 6.07 Å². The third-order valence-electron chi connectivity index (χ3n) is 1.59. The number of nitrogens with one attached hydrogen (secondary N) is 1. The lowest BCUT2D eigenvalue weighted by atomic mass is 10.3. The van der Waals surface area contributed by atoms with Crippen LogP contribution >= 0.6 is 0 Å². The van der Waals surface area contributed by atoms with Crippen molar-refractivity contribution in [3.05, 3.63) is 24.0 Å². The zero-order valence-electron chi connectivity index (χ0n) is 7.51. The Bertz CT molecular complexity index is 278. The van der Waals surface area contributed by atoms with Crippen LogP contribution in [0.15, 0.2) is 18.2 Å². The Balaban J connectivity index is 2.53. The van der Waals surface area contributed by atoms with Crippen molar-refractivity contribution in [2.24, 2.45) is 0 Å². The quantitative estimate of drug-likeness (QED) is 0.542. The molecular formula is C9H13FN2O. The fourth-order valence-electron chi connectivity index (χ4n) is 0.869. The van der Waals surface area contributed by atoms with Gasteiger partial charge in [-0.1, -0.05) is 0 Å². The van der Waals surface area contributed by atoms with Crippen LogP contribution < -0.4 is 15.8 Å². The van der Waals surface area contributed by atoms with E-state index < -0.39 is 5.82 Å². The first kappa shape index (κ1) is 9.80. The first-order valence-corrected chi connectivity index (χ1v) is 4.06. The first-order chi connectivity index (χ1) is 6.24. The fraction of sp³-hybridized carbons (Fsp3) is 0.333. The smallest absolute Gasteiger partial charge is 0.149 e. The number of nitrogen functional groups attached to an aromatic ring is 1. The number of likely N-dealkylation sites (N-methyl/N-ethyl adjacent to an activating group) is 1. The molecule has 3 nitrogen and oxygen atoms in total. The molecule has 0 spiro atoms. The predicted molar refractivity (Wildman–Crippen MR) is 50.2 cm³/mol. The summed E-state index contributed by atoms with van der Waals surface area (Å²) in [6.07, 6.45) is 0. The van der Waals surface area contributed by atoms with Gasteiger partial charge in [-0.25, -0.2) is 4.39 Å². The maximum absolute atomic E-state index is 12.9. The lowest BCUT2D eigenvalue weighted by Gasteiger charge is -2.05. The van der Waals surface area contributed by atoms with Gasteiger partial charge in [-0.15, -0.1) is 0 Å². The molecule has 0 aliphatic rings. The van der Waals surface area contributed by atoms with Gasteiger partial charge in [0.2, 0.25) is 0 Å². The number of anilines is 1. The molecule has 0 aliphatic carbocycles. The highest BCUT2D eigenvalue weighted by Crippen LogP contribution is 2.17. The van der Waals surface area contributed by atoms with Crippen LogP contribution in [0.4, 0.5) is 10.1 Å². The topological polar surface area (TPSA) is 47.3 Å². The van der Waals surface area contributed by atoms with Crippen LogP contribution in [0, 0.1) is 5.82 Å². The molecule has 72 valence electrons. The normalized spacial score (nSPS) is 10.0. The van der Waals surface area contributed by atoms with Crippen molar-refractivity contribution < 1.29 is 9.13 Å². The number of rotatable bonds is 4. The summed E-state index contributed by atoms with van der Waals surface area (Å²) < 4.78 is 18.1. The molecule has 0 amide bonds. The maximum atomic E-state index is 12.9. The summed E-state index contributed by atoms with van der Waals surface area (Å²) in [6, 6.07) is 4.42. The Hall–Kier alpha value is -1.29. The molecule has 0 aromatic heterocycles. The monoisotopic (exact) mass is 184 g/mol. The summed E-state index contributed by atoms with van der Waals surface area (Å²) in [4.78, 5) is 0. The lowest BCUT2D eigenvalue weighted by Crippen LogP contribution is -2.15. The average molecular weight is 184 g/mol. The molecule has 0 heterocycles. The van der Waals surface area contributed by atoms with Gasteiger partial charge in [0.15, 0.2) is 0 Å². The van der Waals surface area contributed by atoms with E-state index in [-0.39, 0.29) is 5.69 Å². The van der Waals surface area contributed by atoms with Crippen molar-refractivity contribution >= 4 is 5.69 Å². The van der Waals surface area contributed by atoms with Crippen LogP contribution in [0.25, 0.3) is 0 Å². The van der Waals surface area contributed by atoms with Crippen molar-refractivity contribution in [2.75, 3.05) is 25.9 Å². The van der Waals surface area contributed by atoms with E-state index in [2.05, 4.69) is 5.32 Å². The van der Waals surface area contributed by atoms with E-state index in [1.807, 2.05) is 7.05 Å². The predicted octanol–water partition coefficient (Wildman–Crippen LogP) is 1.01. The van der Waals surface area contributed by atoms with Gasteiger partial charge in [0.25, 0.3) is 0 Å². The Morgan fingerprint density at radius 2 is 2.31 bits per heavy atom. The largest absolute Gasteiger partial charge is 0.492 e.